The maximum atomic E-state index is 13.5. The van der Waals surface area contributed by atoms with E-state index in [-0.39, 0.29) is 23.8 Å². The molecule has 2 aromatic carbocycles. The first-order valence-corrected chi connectivity index (χ1v) is 15.2. The molecule has 3 aliphatic rings. The number of ether oxygens (including phenoxy) is 4. The molecule has 1 saturated carbocycles. The summed E-state index contributed by atoms with van der Waals surface area (Å²) in [6.07, 6.45) is 3.23. The Balaban J connectivity index is 1.29. The largest absolute Gasteiger partial charge is 0.497 e. The molecule has 2 fully saturated rings. The Hall–Kier alpha value is -4.55. The van der Waals surface area contributed by atoms with Gasteiger partial charge in [0.05, 0.1) is 44.3 Å². The maximum absolute atomic E-state index is 13.5. The summed E-state index contributed by atoms with van der Waals surface area (Å²) in [6, 6.07) is 13.8. The molecule has 2 aliphatic heterocycles. The number of hydrogen-bond donors (Lipinski definition) is 2. The van der Waals surface area contributed by atoms with E-state index in [4.69, 9.17) is 23.9 Å². The Labute approximate surface area is 262 Å². The van der Waals surface area contributed by atoms with Crippen molar-refractivity contribution in [2.24, 2.45) is 0 Å². The third-order valence-electron chi connectivity index (χ3n) is 9.16. The zero-order chi connectivity index (χ0) is 31.3. The fourth-order valence-electron chi connectivity index (χ4n) is 6.30. The fraction of sp³-hybridized carbons (Fsp3) is 0.424. The van der Waals surface area contributed by atoms with E-state index in [0.717, 1.165) is 65.6 Å². The van der Waals surface area contributed by atoms with Crippen LogP contribution in [-0.4, -0.2) is 79.8 Å². The van der Waals surface area contributed by atoms with E-state index in [1.165, 1.54) is 10.9 Å². The molecule has 0 spiro atoms. The predicted octanol–water partition coefficient (Wildman–Crippen LogP) is 4.67. The molecule has 12 nitrogen and oxygen atoms in total. The number of carbonyl (C=O) groups excluding carboxylic acids is 1. The molecule has 4 bridgehead atoms. The van der Waals surface area contributed by atoms with Gasteiger partial charge in [-0.15, -0.1) is 0 Å². The van der Waals surface area contributed by atoms with E-state index in [2.05, 4.69) is 50.5 Å². The SMILES string of the molecule is COc1ccc(CN(C)c2cc3nc4c2ncn4C(=O)N[C@@H]2CC[C@H]2OCc2cc(cc(N4CC(C)(OC)C4)c2)N3)c(OC)c1. The number of benzene rings is 2. The number of fused-ring (bicyclic) bond motifs is 4. The van der Waals surface area contributed by atoms with Crippen LogP contribution in [0, 0.1) is 0 Å². The van der Waals surface area contributed by atoms with Gasteiger partial charge in [-0.05, 0) is 55.7 Å². The van der Waals surface area contributed by atoms with Crippen molar-refractivity contribution in [1.29, 1.82) is 0 Å². The van der Waals surface area contributed by atoms with Crippen LogP contribution in [0.15, 0.2) is 48.8 Å². The number of rotatable bonds is 7. The maximum Gasteiger partial charge on any atom is 0.328 e. The minimum atomic E-state index is -0.275. The first-order chi connectivity index (χ1) is 21.8. The molecule has 4 heterocycles. The average molecular weight is 614 g/mol. The van der Waals surface area contributed by atoms with Gasteiger partial charge in [-0.25, -0.2) is 19.3 Å². The Bertz CT molecular complexity index is 1750. The summed E-state index contributed by atoms with van der Waals surface area (Å²) in [6.45, 7) is 4.70. The van der Waals surface area contributed by atoms with Crippen molar-refractivity contribution >= 4 is 40.1 Å². The second-order valence-corrected chi connectivity index (χ2v) is 12.4. The van der Waals surface area contributed by atoms with Gasteiger partial charge in [-0.1, -0.05) is 0 Å². The average Bonchev–Trinajstić information content (AvgIpc) is 3.44. The molecule has 7 rings (SSSR count). The van der Waals surface area contributed by atoms with E-state index in [9.17, 15) is 4.79 Å². The number of carbonyl (C=O) groups is 1. The van der Waals surface area contributed by atoms with Gasteiger partial charge < -0.3 is 39.4 Å². The first-order valence-electron chi connectivity index (χ1n) is 15.2. The van der Waals surface area contributed by atoms with E-state index in [0.29, 0.717) is 30.1 Å². The number of hydrogen-bond acceptors (Lipinski definition) is 10. The summed E-state index contributed by atoms with van der Waals surface area (Å²) in [5.41, 5.74) is 5.74. The summed E-state index contributed by atoms with van der Waals surface area (Å²) in [4.78, 5) is 27.5. The molecule has 0 radical (unpaired) electrons. The second-order valence-electron chi connectivity index (χ2n) is 12.4. The van der Waals surface area contributed by atoms with Crippen LogP contribution in [0.4, 0.5) is 27.7 Å². The van der Waals surface area contributed by atoms with Gasteiger partial charge >= 0.3 is 6.03 Å². The van der Waals surface area contributed by atoms with Gasteiger partial charge in [0.1, 0.15) is 29.2 Å². The molecule has 236 valence electrons. The lowest BCUT2D eigenvalue weighted by atomic mass is 9.89. The molecular weight excluding hydrogens is 574 g/mol. The normalized spacial score (nSPS) is 20.3. The van der Waals surface area contributed by atoms with Gasteiger partial charge in [0, 0.05) is 62.9 Å². The topological polar surface area (TPSA) is 115 Å². The zero-order valence-corrected chi connectivity index (χ0v) is 26.3. The summed E-state index contributed by atoms with van der Waals surface area (Å²) < 4.78 is 24.6. The molecule has 4 aromatic rings. The Morgan fingerprint density at radius 1 is 1.09 bits per heavy atom. The minimum Gasteiger partial charge on any atom is -0.497 e. The first kappa shape index (κ1) is 29.2. The van der Waals surface area contributed by atoms with Crippen LogP contribution < -0.4 is 29.9 Å². The van der Waals surface area contributed by atoms with E-state index >= 15 is 0 Å². The summed E-state index contributed by atoms with van der Waals surface area (Å²) in [5.74, 6) is 2.04. The lowest BCUT2D eigenvalue weighted by Crippen LogP contribution is -2.61. The lowest BCUT2D eigenvalue weighted by molar-refractivity contribution is -0.0323. The highest BCUT2D eigenvalue weighted by Gasteiger charge is 2.39. The van der Waals surface area contributed by atoms with Crippen molar-refractivity contribution in [2.45, 2.75) is 50.7 Å². The van der Waals surface area contributed by atoms with Crippen LogP contribution in [0.3, 0.4) is 0 Å². The molecule has 2 N–H and O–H groups in total. The van der Waals surface area contributed by atoms with Crippen LogP contribution >= 0.6 is 0 Å². The number of nitrogens with zero attached hydrogens (tertiary/aromatic N) is 5. The minimum absolute atomic E-state index is 0.0581. The summed E-state index contributed by atoms with van der Waals surface area (Å²) >= 11 is 0. The van der Waals surface area contributed by atoms with E-state index in [1.54, 1.807) is 21.3 Å². The highest BCUT2D eigenvalue weighted by molar-refractivity contribution is 5.95. The molecular formula is C33H39N7O5. The van der Waals surface area contributed by atoms with Crippen LogP contribution in [0.5, 0.6) is 11.5 Å². The molecule has 12 heteroatoms. The van der Waals surface area contributed by atoms with Crippen LogP contribution in [0.2, 0.25) is 0 Å². The lowest BCUT2D eigenvalue weighted by Gasteiger charge is -2.48. The zero-order valence-electron chi connectivity index (χ0n) is 26.3. The molecule has 2 aromatic heterocycles. The molecule has 45 heavy (non-hydrogen) atoms. The number of pyridine rings is 1. The number of nitrogens with one attached hydrogen (secondary N) is 2. The van der Waals surface area contributed by atoms with E-state index < -0.39 is 0 Å². The van der Waals surface area contributed by atoms with Crippen LogP contribution in [-0.2, 0) is 22.6 Å². The predicted molar refractivity (Wildman–Crippen MR) is 172 cm³/mol. The van der Waals surface area contributed by atoms with Gasteiger partial charge in [-0.3, -0.25) is 0 Å². The number of methoxy groups -OCH3 is 3. The summed E-state index contributed by atoms with van der Waals surface area (Å²) in [7, 11) is 7.04. The Kier molecular flexibility index (Phi) is 7.41. The third kappa shape index (κ3) is 5.48. The molecule has 1 amide bonds. The van der Waals surface area contributed by atoms with Gasteiger partial charge in [0.15, 0.2) is 5.65 Å². The number of aromatic nitrogens is 3. The number of imidazole rings is 1. The second kappa shape index (κ2) is 11.4. The fourth-order valence-corrected chi connectivity index (χ4v) is 6.30. The number of anilines is 4. The summed E-state index contributed by atoms with van der Waals surface area (Å²) in [5, 5.41) is 6.67. The molecule has 1 saturated heterocycles. The molecule has 0 unspecified atom stereocenters. The van der Waals surface area contributed by atoms with Crippen LogP contribution in [0.25, 0.3) is 11.2 Å². The van der Waals surface area contributed by atoms with Gasteiger partial charge in [-0.2, -0.15) is 0 Å². The monoisotopic (exact) mass is 613 g/mol. The van der Waals surface area contributed by atoms with Crippen molar-refractivity contribution in [2.75, 3.05) is 56.6 Å². The Morgan fingerprint density at radius 3 is 2.67 bits per heavy atom. The Morgan fingerprint density at radius 2 is 1.93 bits per heavy atom. The standard InChI is InChI=1S/C33H39N7O5/c1-33(44-5)17-39(18-33)23-11-20-10-22(12-23)35-29-14-26(38(2)15-21-6-7-24(42-3)13-28(21)43-4)30-31(37-29)40(19-34-30)32(41)36-25-8-9-27(25)45-16-20/h6-7,10-14,19,25,27H,8-9,15-18H2,1-5H3,(H,35,37)(H,36,41)/t25-,27-/m1/s1. The smallest absolute Gasteiger partial charge is 0.328 e. The van der Waals surface area contributed by atoms with Crippen LogP contribution in [0.1, 0.15) is 30.9 Å². The van der Waals surface area contributed by atoms with Crippen molar-refractivity contribution in [3.63, 3.8) is 0 Å². The molecule has 1 aliphatic carbocycles. The third-order valence-corrected chi connectivity index (χ3v) is 9.16. The molecule has 2 atom stereocenters. The quantitative estimate of drug-likeness (QED) is 0.305. The van der Waals surface area contributed by atoms with Crippen molar-refractivity contribution in [3.05, 3.63) is 59.9 Å². The van der Waals surface area contributed by atoms with Crippen molar-refractivity contribution in [3.8, 4) is 11.5 Å². The highest BCUT2D eigenvalue weighted by atomic mass is 16.5. The number of amides is 1. The highest BCUT2D eigenvalue weighted by Crippen LogP contribution is 2.36. The van der Waals surface area contributed by atoms with Crippen molar-refractivity contribution < 1.29 is 23.7 Å². The van der Waals surface area contributed by atoms with E-state index in [1.807, 2.05) is 31.3 Å². The van der Waals surface area contributed by atoms with Gasteiger partial charge in [0.2, 0.25) is 0 Å². The van der Waals surface area contributed by atoms with Crippen molar-refractivity contribution in [1.82, 2.24) is 19.9 Å². The van der Waals surface area contributed by atoms with Gasteiger partial charge in [0.25, 0.3) is 0 Å².